The molecule has 2 rings (SSSR count). The molecule has 6 heteroatoms. The number of hydrogen-bond donors (Lipinski definition) is 2. The summed E-state index contributed by atoms with van der Waals surface area (Å²) in [6, 6.07) is 10.4. The normalized spacial score (nSPS) is 10.4. The van der Waals surface area contributed by atoms with E-state index in [1.165, 1.54) is 7.11 Å². The number of carbonyl (C=O) groups excluding carboxylic acids is 2. The van der Waals surface area contributed by atoms with Crippen LogP contribution in [0.1, 0.15) is 41.1 Å². The van der Waals surface area contributed by atoms with Crippen molar-refractivity contribution in [1.29, 1.82) is 0 Å². The fraction of sp³-hybridized carbons (Fsp3) is 0.316. The van der Waals surface area contributed by atoms with Crippen LogP contribution in [0.5, 0.6) is 0 Å². The average molecular weight is 341 g/mol. The summed E-state index contributed by atoms with van der Waals surface area (Å²) in [4.78, 5) is 27.9. The van der Waals surface area contributed by atoms with Crippen molar-refractivity contribution in [3.63, 3.8) is 0 Å². The van der Waals surface area contributed by atoms with E-state index in [4.69, 9.17) is 4.74 Å². The molecule has 0 spiro atoms. The van der Waals surface area contributed by atoms with Gasteiger partial charge in [0.15, 0.2) is 0 Å². The van der Waals surface area contributed by atoms with Gasteiger partial charge in [0.25, 0.3) is 5.91 Å². The van der Waals surface area contributed by atoms with Gasteiger partial charge in [-0.25, -0.2) is 4.79 Å². The minimum Gasteiger partial charge on any atom is -0.465 e. The maximum Gasteiger partial charge on any atom is 0.337 e. The second-order valence-corrected chi connectivity index (χ2v) is 6.07. The minimum absolute atomic E-state index is 0.201. The highest BCUT2D eigenvalue weighted by molar-refractivity contribution is 5.93. The van der Waals surface area contributed by atoms with Crippen LogP contribution in [-0.2, 0) is 4.74 Å². The fourth-order valence-electron chi connectivity index (χ4n) is 2.21. The lowest BCUT2D eigenvalue weighted by molar-refractivity contribution is 0.0600. The zero-order chi connectivity index (χ0) is 18.2. The van der Waals surface area contributed by atoms with Gasteiger partial charge >= 0.3 is 5.97 Å². The largest absolute Gasteiger partial charge is 0.465 e. The molecule has 2 aromatic rings. The Morgan fingerprint density at radius 3 is 2.64 bits per heavy atom. The van der Waals surface area contributed by atoms with E-state index in [1.807, 2.05) is 6.07 Å². The highest BCUT2D eigenvalue weighted by Gasteiger charge is 2.09. The Morgan fingerprint density at radius 2 is 1.92 bits per heavy atom. The molecule has 0 fully saturated rings. The number of nitrogens with one attached hydrogen (secondary N) is 2. The first-order valence-electron chi connectivity index (χ1n) is 8.19. The van der Waals surface area contributed by atoms with Crippen LogP contribution in [-0.4, -0.2) is 30.5 Å². The molecular weight excluding hydrogens is 318 g/mol. The zero-order valence-electron chi connectivity index (χ0n) is 14.7. The first-order valence-corrected chi connectivity index (χ1v) is 8.19. The Bertz CT molecular complexity index is 744. The molecule has 25 heavy (non-hydrogen) atoms. The molecule has 1 aromatic carbocycles. The van der Waals surface area contributed by atoms with E-state index in [9.17, 15) is 9.59 Å². The smallest absolute Gasteiger partial charge is 0.337 e. The maximum absolute atomic E-state index is 12.2. The molecule has 6 nitrogen and oxygen atoms in total. The molecule has 132 valence electrons. The lowest BCUT2D eigenvalue weighted by atomic mass is 10.1. The van der Waals surface area contributed by atoms with E-state index >= 15 is 0 Å². The Balaban J connectivity index is 2.06. The van der Waals surface area contributed by atoms with Gasteiger partial charge < -0.3 is 15.4 Å². The van der Waals surface area contributed by atoms with E-state index in [2.05, 4.69) is 29.5 Å². The third-order valence-electron chi connectivity index (χ3n) is 3.57. The predicted molar refractivity (Wildman–Crippen MR) is 97.1 cm³/mol. The molecule has 0 unspecified atom stereocenters. The summed E-state index contributed by atoms with van der Waals surface area (Å²) < 4.78 is 4.72. The summed E-state index contributed by atoms with van der Waals surface area (Å²) in [7, 11) is 1.34. The van der Waals surface area contributed by atoms with Gasteiger partial charge in [-0.05, 0) is 42.7 Å². The number of benzene rings is 1. The second-order valence-electron chi connectivity index (χ2n) is 6.07. The summed E-state index contributed by atoms with van der Waals surface area (Å²) in [6.45, 7) is 4.84. The van der Waals surface area contributed by atoms with E-state index in [0.717, 1.165) is 12.1 Å². The van der Waals surface area contributed by atoms with Crippen LogP contribution < -0.4 is 10.6 Å². The van der Waals surface area contributed by atoms with Gasteiger partial charge in [0.05, 0.1) is 12.7 Å². The quantitative estimate of drug-likeness (QED) is 0.755. The van der Waals surface area contributed by atoms with Crippen LogP contribution >= 0.6 is 0 Å². The van der Waals surface area contributed by atoms with Crippen LogP contribution in [0.4, 0.5) is 11.4 Å². The van der Waals surface area contributed by atoms with Crippen molar-refractivity contribution < 1.29 is 14.3 Å². The lowest BCUT2D eigenvalue weighted by Gasteiger charge is -2.10. The van der Waals surface area contributed by atoms with Crippen molar-refractivity contribution >= 4 is 23.3 Å². The number of rotatable bonds is 7. The van der Waals surface area contributed by atoms with Crippen LogP contribution in [0.3, 0.4) is 0 Å². The SMILES string of the molecule is COC(=O)c1cccc(Nc2ccnc(C(=O)NCCC(C)C)c2)c1. The van der Waals surface area contributed by atoms with E-state index in [0.29, 0.717) is 29.4 Å². The summed E-state index contributed by atoms with van der Waals surface area (Å²) in [5.41, 5.74) is 2.23. The monoisotopic (exact) mass is 341 g/mol. The first kappa shape index (κ1) is 18.4. The molecule has 0 aliphatic rings. The average Bonchev–Trinajstić information content (AvgIpc) is 2.61. The Hall–Kier alpha value is -2.89. The van der Waals surface area contributed by atoms with E-state index in [1.54, 1.807) is 36.5 Å². The molecule has 0 aliphatic carbocycles. The number of amides is 1. The summed E-state index contributed by atoms with van der Waals surface area (Å²) in [5.74, 6) is -0.0699. The second kappa shape index (κ2) is 8.82. The molecule has 1 amide bonds. The Kier molecular flexibility index (Phi) is 6.51. The topological polar surface area (TPSA) is 80.3 Å². The number of aromatic nitrogens is 1. The summed E-state index contributed by atoms with van der Waals surface area (Å²) in [5, 5.41) is 6.03. The maximum atomic E-state index is 12.2. The van der Waals surface area contributed by atoms with Crippen molar-refractivity contribution in [2.45, 2.75) is 20.3 Å². The number of nitrogens with zero attached hydrogens (tertiary/aromatic N) is 1. The van der Waals surface area contributed by atoms with Crippen LogP contribution in [0.15, 0.2) is 42.6 Å². The van der Waals surface area contributed by atoms with Crippen molar-refractivity contribution in [1.82, 2.24) is 10.3 Å². The summed E-state index contributed by atoms with van der Waals surface area (Å²) in [6.07, 6.45) is 2.49. The van der Waals surface area contributed by atoms with Gasteiger partial charge in [-0.2, -0.15) is 0 Å². The first-order chi connectivity index (χ1) is 12.0. The molecule has 0 saturated carbocycles. The lowest BCUT2D eigenvalue weighted by Crippen LogP contribution is -2.26. The Labute approximate surface area is 147 Å². The number of hydrogen-bond acceptors (Lipinski definition) is 5. The van der Waals surface area contributed by atoms with Gasteiger partial charge in [0, 0.05) is 24.1 Å². The third kappa shape index (κ3) is 5.60. The highest BCUT2D eigenvalue weighted by atomic mass is 16.5. The van der Waals surface area contributed by atoms with Gasteiger partial charge in [-0.15, -0.1) is 0 Å². The minimum atomic E-state index is -0.399. The third-order valence-corrected chi connectivity index (χ3v) is 3.57. The molecule has 1 heterocycles. The number of anilines is 2. The molecule has 0 radical (unpaired) electrons. The fourth-order valence-corrected chi connectivity index (χ4v) is 2.21. The van der Waals surface area contributed by atoms with E-state index in [-0.39, 0.29) is 5.91 Å². The molecule has 0 saturated heterocycles. The van der Waals surface area contributed by atoms with E-state index < -0.39 is 5.97 Å². The number of esters is 1. The standard InChI is InChI=1S/C19H23N3O3/c1-13(2)7-9-21-18(23)17-12-16(8-10-20-17)22-15-6-4-5-14(11-15)19(24)25-3/h4-6,8,10-13H,7,9H2,1-3H3,(H,20,22)(H,21,23). The summed E-state index contributed by atoms with van der Waals surface area (Å²) >= 11 is 0. The molecular formula is C19H23N3O3. The number of pyridine rings is 1. The number of methoxy groups -OCH3 is 1. The Morgan fingerprint density at radius 1 is 1.16 bits per heavy atom. The predicted octanol–water partition coefficient (Wildman–Crippen LogP) is 3.39. The van der Waals surface area contributed by atoms with Crippen LogP contribution in [0.2, 0.25) is 0 Å². The zero-order valence-corrected chi connectivity index (χ0v) is 14.7. The van der Waals surface area contributed by atoms with Crippen molar-refractivity contribution in [2.24, 2.45) is 5.92 Å². The van der Waals surface area contributed by atoms with Crippen molar-refractivity contribution in [3.05, 3.63) is 53.9 Å². The van der Waals surface area contributed by atoms with Crippen molar-refractivity contribution in [2.75, 3.05) is 19.0 Å². The highest BCUT2D eigenvalue weighted by Crippen LogP contribution is 2.18. The van der Waals surface area contributed by atoms with Gasteiger partial charge in [-0.3, -0.25) is 9.78 Å². The van der Waals surface area contributed by atoms with Gasteiger partial charge in [0.2, 0.25) is 0 Å². The number of carbonyl (C=O) groups is 2. The van der Waals surface area contributed by atoms with Crippen LogP contribution in [0, 0.1) is 5.92 Å². The molecule has 2 N–H and O–H groups in total. The van der Waals surface area contributed by atoms with Gasteiger partial charge in [0.1, 0.15) is 5.69 Å². The number of ether oxygens (including phenoxy) is 1. The van der Waals surface area contributed by atoms with Crippen molar-refractivity contribution in [3.8, 4) is 0 Å². The molecule has 0 aliphatic heterocycles. The van der Waals surface area contributed by atoms with Gasteiger partial charge in [-0.1, -0.05) is 19.9 Å². The van der Waals surface area contributed by atoms with Crippen LogP contribution in [0.25, 0.3) is 0 Å². The molecule has 1 aromatic heterocycles. The molecule has 0 bridgehead atoms. The molecule has 0 atom stereocenters.